The van der Waals surface area contributed by atoms with E-state index in [-0.39, 0.29) is 48.6 Å². The molecule has 1 aliphatic carbocycles. The third kappa shape index (κ3) is 8.88. The molecule has 0 heterocycles. The highest BCUT2D eigenvalue weighted by Crippen LogP contribution is 2.43. The first kappa shape index (κ1) is 30.3. The topological polar surface area (TPSA) is 123 Å². The lowest BCUT2D eigenvalue weighted by atomic mass is 9.70. The van der Waals surface area contributed by atoms with Crippen LogP contribution in [0.1, 0.15) is 75.3 Å². The second-order valence-corrected chi connectivity index (χ2v) is 10.6. The van der Waals surface area contributed by atoms with Crippen molar-refractivity contribution in [3.63, 3.8) is 0 Å². The summed E-state index contributed by atoms with van der Waals surface area (Å²) in [6.45, 7) is 1.50. The maximum absolute atomic E-state index is 13.5. The Hall–Kier alpha value is -3.26. The van der Waals surface area contributed by atoms with E-state index in [0.29, 0.717) is 30.3 Å². The van der Waals surface area contributed by atoms with Crippen LogP contribution in [0, 0.1) is 11.8 Å². The summed E-state index contributed by atoms with van der Waals surface area (Å²) in [5, 5.41) is 29.5. The fraction of sp³-hybridized carbons (Fsp3) is 0.548. The molecule has 214 valence electrons. The van der Waals surface area contributed by atoms with Gasteiger partial charge in [-0.3, -0.25) is 9.59 Å². The molecule has 0 amide bonds. The number of ketones is 1. The van der Waals surface area contributed by atoms with Gasteiger partial charge in [-0.15, -0.1) is 0 Å². The minimum Gasteiger partial charge on any atom is -0.504 e. The number of hydrogen-bond donors (Lipinski definition) is 3. The first-order chi connectivity index (χ1) is 18.7. The molecule has 1 fully saturated rings. The first-order valence-electron chi connectivity index (χ1n) is 13.8. The lowest BCUT2D eigenvalue weighted by Gasteiger charge is -2.35. The molecule has 0 bridgehead atoms. The highest BCUT2D eigenvalue weighted by Gasteiger charge is 2.32. The van der Waals surface area contributed by atoms with Crippen molar-refractivity contribution >= 4 is 11.8 Å². The molecule has 4 atom stereocenters. The van der Waals surface area contributed by atoms with Crippen LogP contribution in [-0.4, -0.2) is 54.0 Å². The standard InChI is InChI=1S/C31H42O8/c1-20(33)39-26(10-7-22-8-11-28(35)30(16-22)37-2)18-25(34)19-27(23-6-4-5-21(15-23)13-14-32)24-9-12-29(36)31(17-24)38-3/h8-9,11-12,16-17,21,23,26-27,32,35-36H,4-7,10,13-15,18-19H2,1-3H3/t21-,23+,26-,27-/m1/s1. The predicted octanol–water partition coefficient (Wildman–Crippen LogP) is 5.30. The summed E-state index contributed by atoms with van der Waals surface area (Å²) in [5.74, 6) is 1.00. The molecule has 2 aromatic rings. The monoisotopic (exact) mass is 542 g/mol. The number of aliphatic hydroxyl groups excluding tert-OH is 1. The molecule has 3 rings (SSSR count). The van der Waals surface area contributed by atoms with E-state index in [1.54, 1.807) is 24.3 Å². The van der Waals surface area contributed by atoms with E-state index in [1.165, 1.54) is 21.1 Å². The summed E-state index contributed by atoms with van der Waals surface area (Å²) >= 11 is 0. The van der Waals surface area contributed by atoms with Crippen molar-refractivity contribution in [3.8, 4) is 23.0 Å². The van der Waals surface area contributed by atoms with Crippen LogP contribution in [0.15, 0.2) is 36.4 Å². The maximum atomic E-state index is 13.5. The van der Waals surface area contributed by atoms with E-state index in [0.717, 1.165) is 43.2 Å². The predicted molar refractivity (Wildman–Crippen MR) is 147 cm³/mol. The number of carbonyl (C=O) groups is 2. The minimum atomic E-state index is -0.571. The smallest absolute Gasteiger partial charge is 0.302 e. The SMILES string of the molecule is COc1cc(CC[C@H](CC(=O)C[C@@H](c2ccc(O)c(OC)c2)[C@H]2CCC[C@H](CCO)C2)OC(C)=O)ccc1O. The molecular weight excluding hydrogens is 500 g/mol. The van der Waals surface area contributed by atoms with Gasteiger partial charge >= 0.3 is 5.97 Å². The van der Waals surface area contributed by atoms with Gasteiger partial charge < -0.3 is 29.5 Å². The maximum Gasteiger partial charge on any atom is 0.302 e. The normalized spacial score (nSPS) is 18.7. The first-order valence-corrected chi connectivity index (χ1v) is 13.8. The van der Waals surface area contributed by atoms with Crippen LogP contribution in [0.25, 0.3) is 0 Å². The van der Waals surface area contributed by atoms with Crippen LogP contribution in [0.2, 0.25) is 0 Å². The number of aromatic hydroxyl groups is 2. The van der Waals surface area contributed by atoms with Crippen molar-refractivity contribution in [2.75, 3.05) is 20.8 Å². The van der Waals surface area contributed by atoms with Gasteiger partial charge in [-0.25, -0.2) is 0 Å². The Morgan fingerprint density at radius 3 is 2.33 bits per heavy atom. The van der Waals surface area contributed by atoms with E-state index < -0.39 is 12.1 Å². The number of hydrogen-bond acceptors (Lipinski definition) is 8. The fourth-order valence-corrected chi connectivity index (χ4v) is 5.85. The average Bonchev–Trinajstić information content (AvgIpc) is 2.91. The van der Waals surface area contributed by atoms with E-state index in [4.69, 9.17) is 14.2 Å². The van der Waals surface area contributed by atoms with E-state index in [2.05, 4.69) is 0 Å². The largest absolute Gasteiger partial charge is 0.504 e. The summed E-state index contributed by atoms with van der Waals surface area (Å²) < 4.78 is 16.1. The summed E-state index contributed by atoms with van der Waals surface area (Å²) in [5.41, 5.74) is 1.84. The van der Waals surface area contributed by atoms with Gasteiger partial charge in [0.25, 0.3) is 0 Å². The molecule has 39 heavy (non-hydrogen) atoms. The zero-order valence-corrected chi connectivity index (χ0v) is 23.2. The van der Waals surface area contributed by atoms with Crippen LogP contribution in [0.4, 0.5) is 0 Å². The molecule has 3 N–H and O–H groups in total. The summed E-state index contributed by atoms with van der Waals surface area (Å²) in [6, 6.07) is 10.3. The number of methoxy groups -OCH3 is 2. The highest BCUT2D eigenvalue weighted by atomic mass is 16.5. The lowest BCUT2D eigenvalue weighted by Crippen LogP contribution is -2.26. The Morgan fingerprint density at radius 1 is 0.974 bits per heavy atom. The molecule has 8 heteroatoms. The molecule has 2 aromatic carbocycles. The molecule has 0 aliphatic heterocycles. The molecule has 0 aromatic heterocycles. The molecule has 0 unspecified atom stereocenters. The Bertz CT molecular complexity index is 1100. The summed E-state index contributed by atoms with van der Waals surface area (Å²) in [6.07, 6.45) is 5.62. The van der Waals surface area contributed by atoms with Crippen molar-refractivity contribution in [1.29, 1.82) is 0 Å². The van der Waals surface area contributed by atoms with Crippen molar-refractivity contribution in [2.24, 2.45) is 11.8 Å². The van der Waals surface area contributed by atoms with Gasteiger partial charge in [0.2, 0.25) is 0 Å². The quantitative estimate of drug-likeness (QED) is 0.275. The second kappa shape index (κ2) is 14.8. The fourth-order valence-electron chi connectivity index (χ4n) is 5.85. The van der Waals surface area contributed by atoms with Gasteiger partial charge in [-0.2, -0.15) is 0 Å². The van der Waals surface area contributed by atoms with Crippen molar-refractivity contribution in [3.05, 3.63) is 47.5 Å². The highest BCUT2D eigenvalue weighted by molar-refractivity contribution is 5.80. The molecule has 1 aliphatic rings. The number of phenolic OH excluding ortho intramolecular Hbond substituents is 2. The van der Waals surface area contributed by atoms with Crippen molar-refractivity contribution in [2.45, 2.75) is 76.7 Å². The number of carbonyl (C=O) groups excluding carboxylic acids is 2. The zero-order chi connectivity index (χ0) is 28.4. The molecule has 0 radical (unpaired) electrons. The van der Waals surface area contributed by atoms with Crippen molar-refractivity contribution < 1.29 is 39.1 Å². The molecule has 0 spiro atoms. The molecular formula is C31H42O8. The van der Waals surface area contributed by atoms with E-state index >= 15 is 0 Å². The third-order valence-corrected chi connectivity index (χ3v) is 7.80. The van der Waals surface area contributed by atoms with Gasteiger partial charge in [0.1, 0.15) is 11.9 Å². The third-order valence-electron chi connectivity index (χ3n) is 7.80. The van der Waals surface area contributed by atoms with Crippen molar-refractivity contribution in [1.82, 2.24) is 0 Å². The van der Waals surface area contributed by atoms with Gasteiger partial charge in [0, 0.05) is 26.4 Å². The van der Waals surface area contributed by atoms with Crippen LogP contribution >= 0.6 is 0 Å². The minimum absolute atomic E-state index is 0.00543. The molecule has 1 saturated carbocycles. The van der Waals surface area contributed by atoms with Gasteiger partial charge in [0.15, 0.2) is 23.0 Å². The Kier molecular flexibility index (Phi) is 11.5. The van der Waals surface area contributed by atoms with E-state index in [9.17, 15) is 24.9 Å². The van der Waals surface area contributed by atoms with E-state index in [1.807, 2.05) is 12.1 Å². The zero-order valence-electron chi connectivity index (χ0n) is 23.2. The second-order valence-electron chi connectivity index (χ2n) is 10.6. The average molecular weight is 543 g/mol. The summed E-state index contributed by atoms with van der Waals surface area (Å²) in [7, 11) is 2.99. The Balaban J connectivity index is 1.76. The van der Waals surface area contributed by atoms with Gasteiger partial charge in [0.05, 0.1) is 14.2 Å². The number of benzene rings is 2. The number of rotatable bonds is 14. The van der Waals surface area contributed by atoms with Crippen LogP contribution in [0.3, 0.4) is 0 Å². The van der Waals surface area contributed by atoms with Gasteiger partial charge in [-0.05, 0) is 85.3 Å². The Morgan fingerprint density at radius 2 is 1.67 bits per heavy atom. The molecule has 8 nitrogen and oxygen atoms in total. The summed E-state index contributed by atoms with van der Waals surface area (Å²) in [4.78, 5) is 25.3. The van der Waals surface area contributed by atoms with Gasteiger partial charge in [-0.1, -0.05) is 25.0 Å². The number of ether oxygens (including phenoxy) is 3. The van der Waals surface area contributed by atoms with Crippen LogP contribution in [-0.2, 0) is 20.7 Å². The van der Waals surface area contributed by atoms with Crippen LogP contribution < -0.4 is 9.47 Å². The molecule has 0 saturated heterocycles. The number of esters is 1. The lowest BCUT2D eigenvalue weighted by molar-refractivity contribution is -0.147. The number of aryl methyl sites for hydroxylation is 1. The number of aliphatic hydroxyl groups is 1. The number of phenols is 2. The van der Waals surface area contributed by atoms with Crippen LogP contribution in [0.5, 0.6) is 23.0 Å². The Labute approximate surface area is 230 Å². The number of Topliss-reactive ketones (excluding diaryl/α,β-unsaturated/α-hetero) is 1.